The van der Waals surface area contributed by atoms with Gasteiger partial charge in [0.25, 0.3) is 0 Å². The van der Waals surface area contributed by atoms with Gasteiger partial charge in [0.2, 0.25) is 0 Å². The summed E-state index contributed by atoms with van der Waals surface area (Å²) in [6, 6.07) is 6.45. The van der Waals surface area contributed by atoms with Gasteiger partial charge in [-0.15, -0.1) is 0 Å². The van der Waals surface area contributed by atoms with Crippen LogP contribution < -0.4 is 0 Å². The second-order valence-electron chi connectivity index (χ2n) is 2.04. The molecular formula is C8H2Cl2N2. The van der Waals surface area contributed by atoms with Crippen molar-refractivity contribution in [3.05, 3.63) is 33.3 Å². The van der Waals surface area contributed by atoms with E-state index in [-0.39, 0.29) is 21.2 Å². The fourth-order valence-electron chi connectivity index (χ4n) is 0.732. The van der Waals surface area contributed by atoms with E-state index in [1.165, 1.54) is 12.1 Å². The Bertz CT molecular complexity index is 360. The summed E-state index contributed by atoms with van der Waals surface area (Å²) < 4.78 is 0. The minimum Gasteiger partial charge on any atom is -0.192 e. The second-order valence-corrected chi connectivity index (χ2v) is 2.85. The molecule has 0 atom stereocenters. The monoisotopic (exact) mass is 196 g/mol. The third-order valence-corrected chi connectivity index (χ3v) is 2.02. The minimum atomic E-state index is 0.243. The maximum atomic E-state index is 8.56. The Morgan fingerprint density at radius 1 is 0.917 bits per heavy atom. The van der Waals surface area contributed by atoms with Gasteiger partial charge in [0, 0.05) is 0 Å². The zero-order valence-electron chi connectivity index (χ0n) is 5.81. The summed E-state index contributed by atoms with van der Waals surface area (Å²) in [5.41, 5.74) is 0.485. The number of nitrogens with zero attached hydrogens (tertiary/aromatic N) is 2. The first-order valence-corrected chi connectivity index (χ1v) is 3.74. The molecule has 58 valence electrons. The van der Waals surface area contributed by atoms with Crippen LogP contribution in [0.1, 0.15) is 11.1 Å². The Hall–Kier alpha value is -1.22. The van der Waals surface area contributed by atoms with E-state index in [0.29, 0.717) is 0 Å². The summed E-state index contributed by atoms with van der Waals surface area (Å²) in [6.07, 6.45) is 0. The Kier molecular flexibility index (Phi) is 2.55. The van der Waals surface area contributed by atoms with Gasteiger partial charge in [-0.2, -0.15) is 10.5 Å². The van der Waals surface area contributed by atoms with Gasteiger partial charge in [-0.25, -0.2) is 0 Å². The Morgan fingerprint density at radius 2 is 1.25 bits per heavy atom. The molecule has 0 unspecified atom stereocenters. The molecule has 2 nitrogen and oxygen atoms in total. The van der Waals surface area contributed by atoms with Gasteiger partial charge in [-0.3, -0.25) is 0 Å². The van der Waals surface area contributed by atoms with E-state index < -0.39 is 0 Å². The summed E-state index contributed by atoms with van der Waals surface area (Å²) in [5.74, 6) is 0. The van der Waals surface area contributed by atoms with E-state index in [4.69, 9.17) is 33.7 Å². The number of nitriles is 2. The highest BCUT2D eigenvalue weighted by atomic mass is 35.5. The van der Waals surface area contributed by atoms with E-state index in [1.807, 2.05) is 12.1 Å². The summed E-state index contributed by atoms with van der Waals surface area (Å²) in [6.45, 7) is 0. The molecule has 0 amide bonds. The van der Waals surface area contributed by atoms with Crippen LogP contribution in [0.2, 0.25) is 10.0 Å². The van der Waals surface area contributed by atoms with Crippen LogP contribution in [0.25, 0.3) is 0 Å². The number of benzene rings is 1. The van der Waals surface area contributed by atoms with Crippen LogP contribution in [0.5, 0.6) is 0 Å². The zero-order chi connectivity index (χ0) is 9.14. The lowest BCUT2D eigenvalue weighted by Gasteiger charge is -1.97. The molecule has 0 aliphatic heterocycles. The van der Waals surface area contributed by atoms with Gasteiger partial charge in [0.15, 0.2) is 0 Å². The van der Waals surface area contributed by atoms with Crippen LogP contribution in [-0.2, 0) is 0 Å². The van der Waals surface area contributed by atoms with Crippen LogP contribution in [0.15, 0.2) is 12.1 Å². The first-order valence-electron chi connectivity index (χ1n) is 2.98. The van der Waals surface area contributed by atoms with Gasteiger partial charge in [0.05, 0.1) is 21.2 Å². The van der Waals surface area contributed by atoms with Crippen LogP contribution in [0.3, 0.4) is 0 Å². The van der Waals surface area contributed by atoms with Crippen molar-refractivity contribution in [2.75, 3.05) is 0 Å². The second kappa shape index (κ2) is 3.45. The van der Waals surface area contributed by atoms with Gasteiger partial charge in [0.1, 0.15) is 12.1 Å². The third kappa shape index (κ3) is 1.51. The quantitative estimate of drug-likeness (QED) is 0.641. The Morgan fingerprint density at radius 3 is 1.50 bits per heavy atom. The third-order valence-electron chi connectivity index (χ3n) is 1.30. The van der Waals surface area contributed by atoms with Gasteiger partial charge < -0.3 is 0 Å². The molecular weight excluding hydrogens is 195 g/mol. The van der Waals surface area contributed by atoms with Crippen molar-refractivity contribution in [1.29, 1.82) is 10.5 Å². The van der Waals surface area contributed by atoms with Gasteiger partial charge in [-0.1, -0.05) is 23.2 Å². The standard InChI is InChI=1S/C8H2Cl2N2/c9-7-1-5(3-11)6(4-12)2-8(7)10/h1-2H. The topological polar surface area (TPSA) is 47.6 Å². The van der Waals surface area contributed by atoms with Crippen LogP contribution in [0.4, 0.5) is 0 Å². The fourth-order valence-corrected chi connectivity index (χ4v) is 1.06. The molecule has 1 aromatic rings. The Labute approximate surface area is 79.6 Å². The molecule has 0 heterocycles. The molecule has 0 aromatic heterocycles. The van der Waals surface area contributed by atoms with E-state index >= 15 is 0 Å². The van der Waals surface area contributed by atoms with Crippen molar-refractivity contribution in [3.63, 3.8) is 0 Å². The highest BCUT2D eigenvalue weighted by Gasteiger charge is 2.05. The summed E-state index contributed by atoms with van der Waals surface area (Å²) in [5, 5.41) is 17.7. The summed E-state index contributed by atoms with van der Waals surface area (Å²) in [4.78, 5) is 0. The normalized spacial score (nSPS) is 8.67. The van der Waals surface area contributed by atoms with Crippen molar-refractivity contribution < 1.29 is 0 Å². The molecule has 0 N–H and O–H groups in total. The molecule has 12 heavy (non-hydrogen) atoms. The van der Waals surface area contributed by atoms with Crippen LogP contribution in [-0.4, -0.2) is 0 Å². The first kappa shape index (κ1) is 8.87. The molecule has 1 rings (SSSR count). The molecule has 1 aromatic carbocycles. The predicted molar refractivity (Wildman–Crippen MR) is 45.9 cm³/mol. The highest BCUT2D eigenvalue weighted by Crippen LogP contribution is 2.24. The number of hydrogen-bond donors (Lipinski definition) is 0. The van der Waals surface area contributed by atoms with Crippen LogP contribution >= 0.6 is 23.2 Å². The van der Waals surface area contributed by atoms with E-state index in [1.54, 1.807) is 0 Å². The van der Waals surface area contributed by atoms with E-state index in [2.05, 4.69) is 0 Å². The number of hydrogen-bond acceptors (Lipinski definition) is 2. The van der Waals surface area contributed by atoms with Crippen molar-refractivity contribution in [2.24, 2.45) is 0 Å². The summed E-state index contributed by atoms with van der Waals surface area (Å²) in [7, 11) is 0. The molecule has 0 fully saturated rings. The number of rotatable bonds is 0. The maximum Gasteiger partial charge on any atom is 0.101 e. The average molecular weight is 197 g/mol. The van der Waals surface area contributed by atoms with Crippen molar-refractivity contribution in [3.8, 4) is 12.1 Å². The lowest BCUT2D eigenvalue weighted by atomic mass is 10.1. The van der Waals surface area contributed by atoms with Crippen LogP contribution in [0, 0.1) is 22.7 Å². The van der Waals surface area contributed by atoms with Crippen molar-refractivity contribution in [1.82, 2.24) is 0 Å². The predicted octanol–water partition coefficient (Wildman–Crippen LogP) is 2.74. The summed E-state index contributed by atoms with van der Waals surface area (Å²) >= 11 is 11.3. The molecule has 0 aliphatic rings. The highest BCUT2D eigenvalue weighted by molar-refractivity contribution is 6.42. The lowest BCUT2D eigenvalue weighted by Crippen LogP contribution is -1.83. The first-order chi connectivity index (χ1) is 5.69. The molecule has 0 bridgehead atoms. The fraction of sp³-hybridized carbons (Fsp3) is 0. The van der Waals surface area contributed by atoms with Gasteiger partial charge >= 0.3 is 0 Å². The molecule has 4 heteroatoms. The smallest absolute Gasteiger partial charge is 0.101 e. The molecule has 0 saturated heterocycles. The maximum absolute atomic E-state index is 8.56. The van der Waals surface area contributed by atoms with Gasteiger partial charge in [-0.05, 0) is 12.1 Å². The average Bonchev–Trinajstić information content (AvgIpc) is 2.09. The largest absolute Gasteiger partial charge is 0.192 e. The lowest BCUT2D eigenvalue weighted by molar-refractivity contribution is 1.43. The Balaban J connectivity index is 3.44. The minimum absolute atomic E-state index is 0.243. The van der Waals surface area contributed by atoms with Crippen molar-refractivity contribution in [2.45, 2.75) is 0 Å². The zero-order valence-corrected chi connectivity index (χ0v) is 7.32. The SMILES string of the molecule is N#Cc1cc(Cl)c(Cl)cc1C#N. The van der Waals surface area contributed by atoms with Crippen molar-refractivity contribution >= 4 is 23.2 Å². The van der Waals surface area contributed by atoms with E-state index in [0.717, 1.165) is 0 Å². The number of halogens is 2. The molecule has 0 radical (unpaired) electrons. The molecule has 0 aliphatic carbocycles. The molecule has 0 spiro atoms. The van der Waals surface area contributed by atoms with E-state index in [9.17, 15) is 0 Å². The molecule has 0 saturated carbocycles.